The summed E-state index contributed by atoms with van der Waals surface area (Å²) in [6.45, 7) is 0.234. The number of likely N-dealkylation sites (tertiary alicyclic amines) is 1. The summed E-state index contributed by atoms with van der Waals surface area (Å²) in [7, 11) is -1.43. The van der Waals surface area contributed by atoms with Gasteiger partial charge in [-0.3, -0.25) is 0 Å². The molecular weight excluding hydrogens is 416 g/mol. The van der Waals surface area contributed by atoms with Crippen LogP contribution < -0.4 is 9.47 Å². The largest absolute Gasteiger partial charge is 0.497 e. The van der Waals surface area contributed by atoms with Gasteiger partial charge in [-0.05, 0) is 24.6 Å². The van der Waals surface area contributed by atoms with Crippen LogP contribution in [0.4, 0.5) is 8.78 Å². The van der Waals surface area contributed by atoms with Crippen LogP contribution in [0.1, 0.15) is 12.0 Å². The van der Waals surface area contributed by atoms with Crippen molar-refractivity contribution in [3.8, 4) is 17.7 Å². The number of benzene rings is 2. The van der Waals surface area contributed by atoms with E-state index in [1.54, 1.807) is 6.07 Å². The third-order valence-corrected chi connectivity index (χ3v) is 6.93. The summed E-state index contributed by atoms with van der Waals surface area (Å²) in [6, 6.07) is 6.79. The van der Waals surface area contributed by atoms with Crippen LogP contribution in [0.2, 0.25) is 0 Å². The smallest absolute Gasteiger partial charge is 0.247 e. The van der Waals surface area contributed by atoms with E-state index in [4.69, 9.17) is 9.47 Å². The van der Waals surface area contributed by atoms with Crippen molar-refractivity contribution in [2.45, 2.75) is 23.9 Å². The van der Waals surface area contributed by atoms with Crippen LogP contribution in [-0.2, 0) is 16.6 Å². The maximum Gasteiger partial charge on any atom is 0.247 e. The Kier molecular flexibility index (Phi) is 6.43. The maximum atomic E-state index is 14.3. The van der Waals surface area contributed by atoms with Gasteiger partial charge < -0.3 is 14.4 Å². The fourth-order valence-electron chi connectivity index (χ4n) is 3.41. The van der Waals surface area contributed by atoms with Gasteiger partial charge in [-0.1, -0.05) is 6.07 Å². The molecule has 1 aliphatic heterocycles. The van der Waals surface area contributed by atoms with E-state index in [9.17, 15) is 22.5 Å². The van der Waals surface area contributed by atoms with E-state index in [-0.39, 0.29) is 29.3 Å². The van der Waals surface area contributed by atoms with E-state index in [1.165, 1.54) is 37.3 Å². The zero-order valence-electron chi connectivity index (χ0n) is 16.5. The first-order valence-electron chi connectivity index (χ1n) is 9.12. The van der Waals surface area contributed by atoms with Gasteiger partial charge in [-0.2, -0.15) is 9.57 Å². The molecule has 0 bridgehead atoms. The number of methoxy groups -OCH3 is 2. The van der Waals surface area contributed by atoms with Crippen molar-refractivity contribution >= 4 is 10.0 Å². The molecule has 0 saturated carbocycles. The van der Waals surface area contributed by atoms with Crippen molar-refractivity contribution in [1.82, 2.24) is 9.21 Å². The minimum absolute atomic E-state index is 0.0252. The Morgan fingerprint density at radius 3 is 2.57 bits per heavy atom. The van der Waals surface area contributed by atoms with Gasteiger partial charge in [-0.15, -0.1) is 0 Å². The number of halogens is 2. The molecule has 1 fully saturated rings. The minimum Gasteiger partial charge on any atom is -0.497 e. The maximum absolute atomic E-state index is 14.3. The Morgan fingerprint density at radius 1 is 1.20 bits per heavy atom. The van der Waals surface area contributed by atoms with Crippen molar-refractivity contribution in [1.29, 1.82) is 5.26 Å². The number of nitrogens with zero attached hydrogens (tertiary/aromatic N) is 3. The van der Waals surface area contributed by atoms with E-state index in [2.05, 4.69) is 0 Å². The first-order valence-corrected chi connectivity index (χ1v) is 10.6. The van der Waals surface area contributed by atoms with Crippen LogP contribution in [0.5, 0.6) is 11.5 Å². The minimum atomic E-state index is -4.18. The van der Waals surface area contributed by atoms with Gasteiger partial charge in [0, 0.05) is 43.4 Å². The van der Waals surface area contributed by atoms with E-state index in [1.807, 2.05) is 6.19 Å². The second-order valence-corrected chi connectivity index (χ2v) is 8.65. The summed E-state index contributed by atoms with van der Waals surface area (Å²) < 4.78 is 66.4. The molecule has 1 heterocycles. The number of hydrogen-bond donors (Lipinski definition) is 0. The van der Waals surface area contributed by atoms with E-state index in [0.29, 0.717) is 24.8 Å². The molecule has 30 heavy (non-hydrogen) atoms. The van der Waals surface area contributed by atoms with E-state index < -0.39 is 27.7 Å². The van der Waals surface area contributed by atoms with E-state index in [0.717, 1.165) is 10.4 Å². The van der Waals surface area contributed by atoms with Gasteiger partial charge in [0.2, 0.25) is 10.0 Å². The fourth-order valence-corrected chi connectivity index (χ4v) is 5.20. The van der Waals surface area contributed by atoms with Crippen molar-refractivity contribution < 1.29 is 26.7 Å². The summed E-state index contributed by atoms with van der Waals surface area (Å²) in [6.07, 6.45) is 2.40. The molecule has 2 aromatic rings. The molecule has 0 radical (unpaired) electrons. The van der Waals surface area contributed by atoms with Crippen molar-refractivity contribution in [2.75, 3.05) is 27.3 Å². The number of hydrogen-bond acceptors (Lipinski definition) is 6. The SMILES string of the molecule is COc1ccc(OC)c(S(=O)(=O)N(Cc2ccc(F)cc2F)[C@@H]2CCN(C#N)C2)c1. The summed E-state index contributed by atoms with van der Waals surface area (Å²) in [5.74, 6) is -1.18. The second kappa shape index (κ2) is 8.85. The number of ether oxygens (including phenoxy) is 2. The normalized spacial score (nSPS) is 16.5. The third kappa shape index (κ3) is 4.32. The first kappa shape index (κ1) is 21.8. The standard InChI is InChI=1S/C20H21F2N3O4S/c1-28-17-5-6-19(29-2)20(10-17)30(26,27)25(16-7-8-24(12-16)13-23)11-14-3-4-15(21)9-18(14)22/h3-6,9-10,16H,7-8,11-12H2,1-2H3/t16-/m1/s1. The highest BCUT2D eigenvalue weighted by Gasteiger charge is 2.38. The third-order valence-electron chi connectivity index (χ3n) is 5.01. The lowest BCUT2D eigenvalue weighted by Gasteiger charge is -2.28. The number of nitriles is 1. The van der Waals surface area contributed by atoms with Crippen LogP contribution in [0.3, 0.4) is 0 Å². The lowest BCUT2D eigenvalue weighted by atomic mass is 10.2. The van der Waals surface area contributed by atoms with Gasteiger partial charge in [-0.25, -0.2) is 17.2 Å². The highest BCUT2D eigenvalue weighted by atomic mass is 32.2. The van der Waals surface area contributed by atoms with Crippen LogP contribution >= 0.6 is 0 Å². The van der Waals surface area contributed by atoms with Crippen molar-refractivity contribution in [2.24, 2.45) is 0 Å². The molecule has 160 valence electrons. The Bertz CT molecular complexity index is 1070. The van der Waals surface area contributed by atoms with Crippen LogP contribution in [0, 0.1) is 23.1 Å². The monoisotopic (exact) mass is 437 g/mol. The van der Waals surface area contributed by atoms with Gasteiger partial charge in [0.05, 0.1) is 14.2 Å². The lowest BCUT2D eigenvalue weighted by molar-refractivity contribution is 0.307. The van der Waals surface area contributed by atoms with E-state index >= 15 is 0 Å². The highest BCUT2D eigenvalue weighted by molar-refractivity contribution is 7.89. The predicted octanol–water partition coefficient (Wildman–Crippen LogP) is 2.73. The summed E-state index contributed by atoms with van der Waals surface area (Å²) in [5.41, 5.74) is 0.0252. The molecule has 0 amide bonds. The molecule has 1 saturated heterocycles. The molecule has 0 aliphatic carbocycles. The zero-order chi connectivity index (χ0) is 21.9. The molecule has 0 spiro atoms. The summed E-state index contributed by atoms with van der Waals surface area (Å²) in [5, 5.41) is 9.17. The zero-order valence-corrected chi connectivity index (χ0v) is 17.3. The second-order valence-electron chi connectivity index (χ2n) is 6.79. The molecule has 0 unspecified atom stereocenters. The van der Waals surface area contributed by atoms with Gasteiger partial charge in [0.15, 0.2) is 6.19 Å². The van der Waals surface area contributed by atoms with Gasteiger partial charge in [0.25, 0.3) is 0 Å². The molecule has 10 heteroatoms. The molecule has 1 atom stereocenters. The Hall–Kier alpha value is -2.90. The van der Waals surface area contributed by atoms with Gasteiger partial charge in [0.1, 0.15) is 28.0 Å². The molecular formula is C20H21F2N3O4S. The van der Waals surface area contributed by atoms with Gasteiger partial charge >= 0.3 is 0 Å². The Morgan fingerprint density at radius 2 is 1.97 bits per heavy atom. The number of rotatable bonds is 7. The molecule has 0 aromatic heterocycles. The van der Waals surface area contributed by atoms with Crippen LogP contribution in [0.15, 0.2) is 41.3 Å². The molecule has 3 rings (SSSR count). The van der Waals surface area contributed by atoms with Crippen molar-refractivity contribution in [3.63, 3.8) is 0 Å². The molecule has 1 aliphatic rings. The average Bonchev–Trinajstić information content (AvgIpc) is 3.21. The fraction of sp³-hybridized carbons (Fsp3) is 0.350. The lowest BCUT2D eigenvalue weighted by Crippen LogP contribution is -2.41. The van der Waals surface area contributed by atoms with Crippen LogP contribution in [0.25, 0.3) is 0 Å². The van der Waals surface area contributed by atoms with Crippen LogP contribution in [-0.4, -0.2) is 51.0 Å². The quantitative estimate of drug-likeness (QED) is 0.620. The van der Waals surface area contributed by atoms with Crippen molar-refractivity contribution in [3.05, 3.63) is 53.6 Å². The average molecular weight is 437 g/mol. The summed E-state index contributed by atoms with van der Waals surface area (Å²) in [4.78, 5) is 1.30. The Balaban J connectivity index is 2.08. The highest BCUT2D eigenvalue weighted by Crippen LogP contribution is 2.34. The summed E-state index contributed by atoms with van der Waals surface area (Å²) >= 11 is 0. The molecule has 0 N–H and O–H groups in total. The Labute approximate surface area is 174 Å². The first-order chi connectivity index (χ1) is 14.3. The predicted molar refractivity (Wildman–Crippen MR) is 104 cm³/mol. The topological polar surface area (TPSA) is 82.9 Å². The molecule has 2 aromatic carbocycles. The molecule has 7 nitrogen and oxygen atoms in total. The number of sulfonamides is 1.